The lowest BCUT2D eigenvalue weighted by molar-refractivity contribution is 0.497. The molecule has 0 aliphatic carbocycles. The van der Waals surface area contributed by atoms with E-state index in [1.54, 1.807) is 0 Å². The molecule has 0 bridgehead atoms. The third-order valence-corrected chi connectivity index (χ3v) is 8.02. The Hall–Kier alpha value is -4.53. The SMILES string of the molecule is CC(C)(C)c1nc(-c2cccc(-c3nc(C(C)(C)C)nc(C(C)(C)C)n3)c2)nc(-c2cccc(-c3nc(C(C)(C)C)nc(C(C)(C)C)n3)c2)n1. The molecular formula is C41H53N9. The smallest absolute Gasteiger partial charge is 0.163 e. The molecule has 0 aliphatic heterocycles. The Balaban J connectivity index is 1.65. The van der Waals surface area contributed by atoms with E-state index in [0.29, 0.717) is 29.1 Å². The second-order valence-electron chi connectivity index (χ2n) is 18.3. The Morgan fingerprint density at radius 2 is 0.480 bits per heavy atom. The van der Waals surface area contributed by atoms with Crippen molar-refractivity contribution in [1.29, 1.82) is 0 Å². The van der Waals surface area contributed by atoms with Gasteiger partial charge >= 0.3 is 0 Å². The van der Waals surface area contributed by atoms with E-state index in [4.69, 9.17) is 44.9 Å². The fourth-order valence-electron chi connectivity index (χ4n) is 4.92. The zero-order valence-electron chi connectivity index (χ0n) is 32.6. The van der Waals surface area contributed by atoms with Gasteiger partial charge in [-0.1, -0.05) is 140 Å². The summed E-state index contributed by atoms with van der Waals surface area (Å²) in [7, 11) is 0. The standard InChI is InChI=1S/C41H53N9/c1-37(2,3)32-43-28(24-18-16-20-26(22-24)30-45-33(38(4,5)6)49-34(46-30)39(7,8)9)42-29(44-32)25-19-17-21-27(23-25)31-47-35(40(10,11)12)50-36(48-31)41(13,14)15/h16-23H,1-15H3. The highest BCUT2D eigenvalue weighted by molar-refractivity contribution is 5.70. The van der Waals surface area contributed by atoms with Gasteiger partial charge in [0.05, 0.1) is 0 Å². The lowest BCUT2D eigenvalue weighted by atomic mass is 9.93. The van der Waals surface area contributed by atoms with Crippen LogP contribution in [0.2, 0.25) is 0 Å². The van der Waals surface area contributed by atoms with Gasteiger partial charge < -0.3 is 0 Å². The Morgan fingerprint density at radius 3 is 0.700 bits per heavy atom. The topological polar surface area (TPSA) is 116 Å². The van der Waals surface area contributed by atoms with Gasteiger partial charge in [-0.25, -0.2) is 44.9 Å². The van der Waals surface area contributed by atoms with Crippen LogP contribution in [-0.4, -0.2) is 44.9 Å². The molecule has 0 aliphatic rings. The van der Waals surface area contributed by atoms with Gasteiger partial charge in [-0.3, -0.25) is 0 Å². The van der Waals surface area contributed by atoms with E-state index in [9.17, 15) is 0 Å². The molecule has 0 fully saturated rings. The minimum absolute atomic E-state index is 0.238. The van der Waals surface area contributed by atoms with Crippen LogP contribution in [0.15, 0.2) is 48.5 Å². The van der Waals surface area contributed by atoms with Crippen molar-refractivity contribution in [3.8, 4) is 45.6 Å². The van der Waals surface area contributed by atoms with Gasteiger partial charge in [0.25, 0.3) is 0 Å². The van der Waals surface area contributed by atoms with Crippen LogP contribution in [0.5, 0.6) is 0 Å². The van der Waals surface area contributed by atoms with Gasteiger partial charge in [0.1, 0.15) is 29.1 Å². The molecular weight excluding hydrogens is 619 g/mol. The van der Waals surface area contributed by atoms with Gasteiger partial charge in [-0.15, -0.1) is 0 Å². The molecule has 0 atom stereocenters. The Morgan fingerprint density at radius 1 is 0.280 bits per heavy atom. The maximum absolute atomic E-state index is 5.06. The summed E-state index contributed by atoms with van der Waals surface area (Å²) in [6, 6.07) is 16.2. The van der Waals surface area contributed by atoms with Crippen molar-refractivity contribution in [2.75, 3.05) is 0 Å². The molecule has 5 aromatic rings. The maximum atomic E-state index is 5.06. The molecule has 0 unspecified atom stereocenters. The molecule has 2 aromatic carbocycles. The van der Waals surface area contributed by atoms with Crippen LogP contribution < -0.4 is 0 Å². The molecule has 0 N–H and O–H groups in total. The van der Waals surface area contributed by atoms with Crippen molar-refractivity contribution in [3.05, 3.63) is 77.7 Å². The first-order valence-electron chi connectivity index (χ1n) is 17.4. The van der Waals surface area contributed by atoms with E-state index in [1.807, 2.05) is 36.4 Å². The van der Waals surface area contributed by atoms with E-state index >= 15 is 0 Å². The van der Waals surface area contributed by atoms with E-state index in [2.05, 4.69) is 116 Å². The number of aromatic nitrogens is 9. The Bertz CT molecular complexity index is 1830. The van der Waals surface area contributed by atoms with Gasteiger partial charge in [-0.05, 0) is 12.1 Å². The molecule has 262 valence electrons. The predicted octanol–water partition coefficient (Wildman–Crippen LogP) is 9.40. The highest BCUT2D eigenvalue weighted by Crippen LogP contribution is 2.32. The van der Waals surface area contributed by atoms with Crippen molar-refractivity contribution in [3.63, 3.8) is 0 Å². The normalized spacial score (nSPS) is 13.1. The molecule has 5 rings (SSSR count). The monoisotopic (exact) mass is 671 g/mol. The predicted molar refractivity (Wildman–Crippen MR) is 202 cm³/mol. The van der Waals surface area contributed by atoms with Crippen molar-refractivity contribution >= 4 is 0 Å². The van der Waals surface area contributed by atoms with E-state index < -0.39 is 0 Å². The second kappa shape index (κ2) is 12.7. The van der Waals surface area contributed by atoms with Crippen LogP contribution in [0, 0.1) is 0 Å². The van der Waals surface area contributed by atoms with E-state index in [1.165, 1.54) is 0 Å². The number of nitrogens with zero attached hydrogens (tertiary/aromatic N) is 9. The van der Waals surface area contributed by atoms with Crippen molar-refractivity contribution in [2.45, 2.75) is 131 Å². The van der Waals surface area contributed by atoms with Crippen molar-refractivity contribution in [1.82, 2.24) is 44.9 Å². The zero-order chi connectivity index (χ0) is 37.0. The Labute approximate surface area is 298 Å². The molecule has 50 heavy (non-hydrogen) atoms. The summed E-state index contributed by atoms with van der Waals surface area (Å²) in [5.41, 5.74) is 2.18. The highest BCUT2D eigenvalue weighted by atomic mass is 15.1. The second-order valence-corrected chi connectivity index (χ2v) is 18.3. The number of benzene rings is 2. The summed E-state index contributed by atoms with van der Waals surface area (Å²) in [5.74, 6) is 6.18. The molecule has 0 saturated carbocycles. The van der Waals surface area contributed by atoms with Crippen LogP contribution in [0.25, 0.3) is 45.6 Å². The van der Waals surface area contributed by atoms with Gasteiger partial charge in [-0.2, -0.15) is 0 Å². The summed E-state index contributed by atoms with van der Waals surface area (Å²) >= 11 is 0. The molecule has 0 amide bonds. The van der Waals surface area contributed by atoms with Crippen LogP contribution in [-0.2, 0) is 27.1 Å². The molecule has 3 heterocycles. The molecule has 9 nitrogen and oxygen atoms in total. The third kappa shape index (κ3) is 8.25. The molecule has 3 aromatic heterocycles. The fourth-order valence-corrected chi connectivity index (χ4v) is 4.92. The summed E-state index contributed by atoms with van der Waals surface area (Å²) in [6.45, 7) is 31.8. The van der Waals surface area contributed by atoms with Crippen molar-refractivity contribution in [2.24, 2.45) is 0 Å². The first-order valence-corrected chi connectivity index (χ1v) is 17.4. The Kier molecular flexibility index (Phi) is 9.30. The minimum Gasteiger partial charge on any atom is -0.217 e. The van der Waals surface area contributed by atoms with Gasteiger partial charge in [0.15, 0.2) is 23.3 Å². The average Bonchev–Trinajstić information content (AvgIpc) is 3.02. The quantitative estimate of drug-likeness (QED) is 0.184. The number of hydrogen-bond acceptors (Lipinski definition) is 9. The van der Waals surface area contributed by atoms with Crippen molar-refractivity contribution < 1.29 is 0 Å². The number of rotatable bonds is 4. The first-order chi connectivity index (χ1) is 22.9. The van der Waals surface area contributed by atoms with Crippen LogP contribution in [0.3, 0.4) is 0 Å². The first kappa shape index (κ1) is 36.7. The summed E-state index contributed by atoms with van der Waals surface area (Å²) < 4.78 is 0. The maximum Gasteiger partial charge on any atom is 0.163 e. The molecule has 0 saturated heterocycles. The summed E-state index contributed by atoms with van der Waals surface area (Å²) in [4.78, 5) is 44.5. The van der Waals surface area contributed by atoms with Crippen LogP contribution in [0.1, 0.15) is 133 Å². The zero-order valence-corrected chi connectivity index (χ0v) is 32.6. The largest absolute Gasteiger partial charge is 0.217 e. The average molecular weight is 672 g/mol. The van der Waals surface area contributed by atoms with Crippen LogP contribution >= 0.6 is 0 Å². The summed E-state index contributed by atoms with van der Waals surface area (Å²) in [5, 5.41) is 0. The summed E-state index contributed by atoms with van der Waals surface area (Å²) in [6.07, 6.45) is 0. The van der Waals surface area contributed by atoms with Gasteiger partial charge in [0, 0.05) is 49.3 Å². The van der Waals surface area contributed by atoms with E-state index in [-0.39, 0.29) is 27.1 Å². The molecule has 9 heteroatoms. The minimum atomic E-state index is -0.323. The molecule has 0 radical (unpaired) electrons. The lowest BCUT2D eigenvalue weighted by Gasteiger charge is -2.23. The van der Waals surface area contributed by atoms with Crippen LogP contribution in [0.4, 0.5) is 0 Å². The molecule has 0 spiro atoms. The van der Waals surface area contributed by atoms with E-state index in [0.717, 1.165) is 45.6 Å². The third-order valence-electron chi connectivity index (χ3n) is 8.02. The fraction of sp³-hybridized carbons (Fsp3) is 0.488. The highest BCUT2D eigenvalue weighted by Gasteiger charge is 2.28. The van der Waals surface area contributed by atoms with Gasteiger partial charge in [0.2, 0.25) is 0 Å². The lowest BCUT2D eigenvalue weighted by Crippen LogP contribution is -2.24. The number of hydrogen-bond donors (Lipinski definition) is 0.